The molecular formula is C20H18N2O3. The number of methoxy groups -OCH3 is 1. The van der Waals surface area contributed by atoms with Crippen LogP contribution in [0.3, 0.4) is 0 Å². The van der Waals surface area contributed by atoms with E-state index in [9.17, 15) is 14.9 Å². The summed E-state index contributed by atoms with van der Waals surface area (Å²) in [5, 5.41) is 12.0. The first kappa shape index (κ1) is 18.0. The van der Waals surface area contributed by atoms with Crippen molar-refractivity contribution in [1.82, 2.24) is 0 Å². The van der Waals surface area contributed by atoms with Gasteiger partial charge in [-0.25, -0.2) is 4.79 Å². The van der Waals surface area contributed by atoms with Gasteiger partial charge < -0.3 is 10.1 Å². The lowest BCUT2D eigenvalue weighted by Gasteiger charge is -2.09. The summed E-state index contributed by atoms with van der Waals surface area (Å²) in [6.45, 7) is 3.81. The third-order valence-corrected chi connectivity index (χ3v) is 3.65. The van der Waals surface area contributed by atoms with E-state index < -0.39 is 11.9 Å². The molecule has 5 nitrogen and oxygen atoms in total. The first-order valence-corrected chi connectivity index (χ1v) is 7.63. The van der Waals surface area contributed by atoms with Crippen LogP contribution in [-0.2, 0) is 9.53 Å². The number of benzene rings is 2. The van der Waals surface area contributed by atoms with E-state index in [1.54, 1.807) is 24.3 Å². The number of nitrogens with one attached hydrogen (secondary N) is 1. The summed E-state index contributed by atoms with van der Waals surface area (Å²) in [5.41, 5.74) is 3.62. The summed E-state index contributed by atoms with van der Waals surface area (Å²) < 4.78 is 4.63. The SMILES string of the molecule is COC(=O)c1ccc(/C=C(/C#N)C(=O)Nc2cc(C)ccc2C)cc1. The number of nitrogens with zero attached hydrogens (tertiary/aromatic N) is 1. The molecule has 0 heterocycles. The predicted molar refractivity (Wildman–Crippen MR) is 95.9 cm³/mol. The number of hydrogen-bond donors (Lipinski definition) is 1. The Morgan fingerprint density at radius 3 is 2.40 bits per heavy atom. The predicted octanol–water partition coefficient (Wildman–Crippen LogP) is 3.64. The first-order chi connectivity index (χ1) is 11.9. The van der Waals surface area contributed by atoms with Gasteiger partial charge in [-0.2, -0.15) is 5.26 Å². The molecule has 0 saturated carbocycles. The maximum absolute atomic E-state index is 12.4. The van der Waals surface area contributed by atoms with Crippen LogP contribution in [0.2, 0.25) is 0 Å². The number of nitriles is 1. The summed E-state index contributed by atoms with van der Waals surface area (Å²) in [5.74, 6) is -0.919. The fourth-order valence-electron chi connectivity index (χ4n) is 2.21. The molecule has 2 rings (SSSR count). The highest BCUT2D eigenvalue weighted by molar-refractivity contribution is 6.10. The Morgan fingerprint density at radius 2 is 1.80 bits per heavy atom. The van der Waals surface area contributed by atoms with Gasteiger partial charge in [-0.1, -0.05) is 24.3 Å². The van der Waals surface area contributed by atoms with Crippen molar-refractivity contribution in [2.75, 3.05) is 12.4 Å². The molecule has 2 aromatic carbocycles. The Labute approximate surface area is 146 Å². The van der Waals surface area contributed by atoms with Gasteiger partial charge in [0.05, 0.1) is 12.7 Å². The van der Waals surface area contributed by atoms with Crippen molar-refractivity contribution in [3.05, 3.63) is 70.3 Å². The second kappa shape index (κ2) is 7.93. The van der Waals surface area contributed by atoms with Crippen LogP contribution >= 0.6 is 0 Å². The standard InChI is InChI=1S/C20H18N2O3/c1-13-4-5-14(2)18(10-13)22-19(23)17(12-21)11-15-6-8-16(9-7-15)20(24)25-3/h4-11H,1-3H3,(H,22,23)/b17-11-. The average molecular weight is 334 g/mol. The molecular weight excluding hydrogens is 316 g/mol. The summed E-state index contributed by atoms with van der Waals surface area (Å²) >= 11 is 0. The van der Waals surface area contributed by atoms with Crippen molar-refractivity contribution in [3.63, 3.8) is 0 Å². The number of rotatable bonds is 4. The monoisotopic (exact) mass is 334 g/mol. The second-order valence-electron chi connectivity index (χ2n) is 5.56. The smallest absolute Gasteiger partial charge is 0.337 e. The van der Waals surface area contributed by atoms with Gasteiger partial charge >= 0.3 is 5.97 Å². The molecule has 126 valence electrons. The zero-order chi connectivity index (χ0) is 18.4. The minimum Gasteiger partial charge on any atom is -0.465 e. The first-order valence-electron chi connectivity index (χ1n) is 7.63. The molecule has 0 saturated heterocycles. The highest BCUT2D eigenvalue weighted by atomic mass is 16.5. The number of carbonyl (C=O) groups is 2. The van der Waals surface area contributed by atoms with Crippen LogP contribution in [-0.4, -0.2) is 19.0 Å². The fourth-order valence-corrected chi connectivity index (χ4v) is 2.21. The normalized spacial score (nSPS) is 10.7. The Morgan fingerprint density at radius 1 is 1.12 bits per heavy atom. The van der Waals surface area contributed by atoms with Crippen LogP contribution in [0.4, 0.5) is 5.69 Å². The largest absolute Gasteiger partial charge is 0.465 e. The zero-order valence-electron chi connectivity index (χ0n) is 14.3. The highest BCUT2D eigenvalue weighted by Crippen LogP contribution is 2.18. The number of amides is 1. The van der Waals surface area contributed by atoms with E-state index in [0.717, 1.165) is 11.1 Å². The summed E-state index contributed by atoms with van der Waals surface area (Å²) in [6, 6.07) is 14.1. The lowest BCUT2D eigenvalue weighted by molar-refractivity contribution is -0.112. The van der Waals surface area contributed by atoms with E-state index in [1.165, 1.54) is 13.2 Å². The molecule has 5 heteroatoms. The van der Waals surface area contributed by atoms with Crippen LogP contribution < -0.4 is 5.32 Å². The molecule has 0 spiro atoms. The maximum Gasteiger partial charge on any atom is 0.337 e. The molecule has 0 aliphatic rings. The molecule has 1 N–H and O–H groups in total. The number of anilines is 1. The van der Waals surface area contributed by atoms with E-state index in [2.05, 4.69) is 10.1 Å². The molecule has 0 aliphatic carbocycles. The van der Waals surface area contributed by atoms with Crippen molar-refractivity contribution >= 4 is 23.6 Å². The molecule has 25 heavy (non-hydrogen) atoms. The van der Waals surface area contributed by atoms with E-state index in [-0.39, 0.29) is 5.57 Å². The van der Waals surface area contributed by atoms with Gasteiger partial charge in [0.25, 0.3) is 5.91 Å². The highest BCUT2D eigenvalue weighted by Gasteiger charge is 2.11. The van der Waals surface area contributed by atoms with E-state index in [1.807, 2.05) is 38.1 Å². The summed E-state index contributed by atoms with van der Waals surface area (Å²) in [4.78, 5) is 23.8. The maximum atomic E-state index is 12.4. The molecule has 0 aliphatic heterocycles. The van der Waals surface area contributed by atoms with E-state index in [4.69, 9.17) is 0 Å². The molecule has 2 aromatic rings. The van der Waals surface area contributed by atoms with Crippen molar-refractivity contribution < 1.29 is 14.3 Å². The quantitative estimate of drug-likeness (QED) is 0.526. The molecule has 0 aromatic heterocycles. The number of hydrogen-bond acceptors (Lipinski definition) is 4. The molecule has 0 unspecified atom stereocenters. The number of esters is 1. The van der Waals surface area contributed by atoms with Crippen molar-refractivity contribution in [2.24, 2.45) is 0 Å². The van der Waals surface area contributed by atoms with E-state index >= 15 is 0 Å². The number of ether oxygens (including phenoxy) is 1. The topological polar surface area (TPSA) is 79.2 Å². The van der Waals surface area contributed by atoms with Crippen LogP contribution in [0.5, 0.6) is 0 Å². The third-order valence-electron chi connectivity index (χ3n) is 3.65. The van der Waals surface area contributed by atoms with Crippen molar-refractivity contribution in [1.29, 1.82) is 5.26 Å². The van der Waals surface area contributed by atoms with Gasteiger partial charge in [-0.05, 0) is 54.8 Å². The van der Waals surface area contributed by atoms with Crippen LogP contribution in [0.25, 0.3) is 6.08 Å². The van der Waals surface area contributed by atoms with Crippen LogP contribution in [0, 0.1) is 25.2 Å². The fraction of sp³-hybridized carbons (Fsp3) is 0.150. The lowest BCUT2D eigenvalue weighted by Crippen LogP contribution is -2.14. The molecule has 0 atom stereocenters. The third kappa shape index (κ3) is 4.55. The Balaban J connectivity index is 2.22. The van der Waals surface area contributed by atoms with Gasteiger partial charge in [0.15, 0.2) is 0 Å². The van der Waals surface area contributed by atoms with Crippen molar-refractivity contribution in [3.8, 4) is 6.07 Å². The second-order valence-corrected chi connectivity index (χ2v) is 5.56. The number of carbonyl (C=O) groups excluding carboxylic acids is 2. The van der Waals surface area contributed by atoms with E-state index in [0.29, 0.717) is 16.8 Å². The Kier molecular flexibility index (Phi) is 5.70. The Bertz CT molecular complexity index is 875. The molecule has 1 amide bonds. The minimum absolute atomic E-state index is 0.0216. The zero-order valence-corrected chi connectivity index (χ0v) is 14.3. The lowest BCUT2D eigenvalue weighted by atomic mass is 10.1. The molecule has 0 radical (unpaired) electrons. The minimum atomic E-state index is -0.478. The number of aryl methyl sites for hydroxylation is 2. The van der Waals surface area contributed by atoms with Crippen LogP contribution in [0.1, 0.15) is 27.0 Å². The molecule has 0 bridgehead atoms. The van der Waals surface area contributed by atoms with Gasteiger partial charge in [0, 0.05) is 5.69 Å². The Hall–Kier alpha value is -3.39. The van der Waals surface area contributed by atoms with Crippen molar-refractivity contribution in [2.45, 2.75) is 13.8 Å². The van der Waals surface area contributed by atoms with Gasteiger partial charge in [-0.15, -0.1) is 0 Å². The average Bonchev–Trinajstić information content (AvgIpc) is 2.62. The summed E-state index contributed by atoms with van der Waals surface area (Å²) in [7, 11) is 1.31. The summed E-state index contributed by atoms with van der Waals surface area (Å²) in [6.07, 6.45) is 1.47. The van der Waals surface area contributed by atoms with Crippen LogP contribution in [0.15, 0.2) is 48.0 Å². The van der Waals surface area contributed by atoms with Gasteiger partial charge in [-0.3, -0.25) is 4.79 Å². The van der Waals surface area contributed by atoms with Gasteiger partial charge in [0.1, 0.15) is 11.6 Å². The van der Waals surface area contributed by atoms with Gasteiger partial charge in [0.2, 0.25) is 0 Å². The molecule has 0 fully saturated rings.